The molecule has 0 bridgehead atoms. The molecule has 3 amide bonds. The lowest BCUT2D eigenvalue weighted by molar-refractivity contribution is -0.180. The van der Waals surface area contributed by atoms with Crippen molar-refractivity contribution < 1.29 is 24.0 Å². The van der Waals surface area contributed by atoms with Gasteiger partial charge in [0.1, 0.15) is 13.3 Å². The Hall–Kier alpha value is -2.87. The zero-order chi connectivity index (χ0) is 25.8. The van der Waals surface area contributed by atoms with Crippen molar-refractivity contribution in [3.63, 3.8) is 0 Å². The minimum absolute atomic E-state index is 0.0744. The van der Waals surface area contributed by atoms with E-state index < -0.39 is 5.91 Å². The number of nitrogens with one attached hydrogen (secondary N) is 5. The Morgan fingerprint density at radius 1 is 1.08 bits per heavy atom. The molecule has 0 fully saturated rings. The van der Waals surface area contributed by atoms with Crippen LogP contribution in [0.3, 0.4) is 0 Å². The van der Waals surface area contributed by atoms with Gasteiger partial charge in [-0.15, -0.1) is 0 Å². The number of hydroxylamine groups is 2. The van der Waals surface area contributed by atoms with E-state index in [4.69, 9.17) is 15.3 Å². The molecule has 7 N–H and O–H groups in total. The van der Waals surface area contributed by atoms with Crippen LogP contribution in [-0.2, 0) is 30.4 Å². The quantitative estimate of drug-likeness (QED) is 0.0956. The average molecular weight is 506 g/mol. The number of hydrogen-bond acceptors (Lipinski definition) is 9. The van der Waals surface area contributed by atoms with E-state index >= 15 is 0 Å². The van der Waals surface area contributed by atoms with E-state index in [9.17, 15) is 14.4 Å². The summed E-state index contributed by atoms with van der Waals surface area (Å²) in [7, 11) is 0. The third kappa shape index (κ3) is 13.9. The van der Waals surface area contributed by atoms with Gasteiger partial charge in [0, 0.05) is 32.4 Å². The van der Waals surface area contributed by atoms with Gasteiger partial charge < -0.3 is 21.1 Å². The van der Waals surface area contributed by atoms with Gasteiger partial charge in [-0.1, -0.05) is 42.8 Å². The van der Waals surface area contributed by atoms with Crippen molar-refractivity contribution in [3.05, 3.63) is 48.0 Å². The molecule has 2 rings (SSSR count). The maximum absolute atomic E-state index is 12.0. The number of rotatable bonds is 20. The third-order valence-corrected chi connectivity index (χ3v) is 5.18. The Kier molecular flexibility index (Phi) is 15.0. The number of amides is 3. The lowest BCUT2D eigenvalue weighted by atomic mass is 10.1. The van der Waals surface area contributed by atoms with E-state index in [0.717, 1.165) is 31.4 Å². The number of unbranched alkanes of at least 4 members (excludes halogenated alkanes) is 2. The fourth-order valence-electron chi connectivity index (χ4n) is 3.35. The molecule has 1 aromatic rings. The van der Waals surface area contributed by atoms with Crippen LogP contribution in [0.4, 0.5) is 0 Å². The van der Waals surface area contributed by atoms with Crippen molar-refractivity contribution in [1.29, 1.82) is 0 Å². The fraction of sp³-hybridized carbons (Fsp3) is 0.542. The predicted octanol–water partition coefficient (Wildman–Crippen LogP) is -1.10. The molecular weight excluding hydrogens is 466 g/mol. The zero-order valence-corrected chi connectivity index (χ0v) is 20.7. The summed E-state index contributed by atoms with van der Waals surface area (Å²) < 4.78 is 4.94. The van der Waals surface area contributed by atoms with Crippen molar-refractivity contribution in [2.75, 3.05) is 52.9 Å². The molecule has 200 valence electrons. The van der Waals surface area contributed by atoms with Crippen molar-refractivity contribution in [2.24, 2.45) is 5.73 Å². The summed E-state index contributed by atoms with van der Waals surface area (Å²) in [4.78, 5) is 39.6. The molecule has 0 spiro atoms. The van der Waals surface area contributed by atoms with Gasteiger partial charge in [0.2, 0.25) is 11.8 Å². The normalized spacial score (nSPS) is 14.1. The minimum atomic E-state index is -0.588. The van der Waals surface area contributed by atoms with Gasteiger partial charge in [-0.05, 0) is 24.9 Å². The third-order valence-electron chi connectivity index (χ3n) is 5.18. The number of hydrogen-bond donors (Lipinski definition) is 6. The van der Waals surface area contributed by atoms with E-state index in [2.05, 4.69) is 26.6 Å². The van der Waals surface area contributed by atoms with Crippen molar-refractivity contribution >= 4 is 17.7 Å². The molecule has 12 heteroatoms. The Bertz CT molecular complexity index is 809. The van der Waals surface area contributed by atoms with Gasteiger partial charge in [-0.2, -0.15) is 0 Å². The molecule has 0 saturated carbocycles. The van der Waals surface area contributed by atoms with Gasteiger partial charge in [-0.25, -0.2) is 5.06 Å². The van der Waals surface area contributed by atoms with Gasteiger partial charge in [0.25, 0.3) is 5.91 Å². The molecule has 1 aliphatic rings. The van der Waals surface area contributed by atoms with Gasteiger partial charge in [0.05, 0.1) is 19.3 Å². The van der Waals surface area contributed by atoms with Crippen LogP contribution in [0.2, 0.25) is 0 Å². The second-order valence-corrected chi connectivity index (χ2v) is 8.19. The summed E-state index contributed by atoms with van der Waals surface area (Å²) in [5.41, 5.74) is 6.13. The average Bonchev–Trinajstić information content (AvgIpc) is 2.87. The molecule has 1 atom stereocenters. The Labute approximate surface area is 212 Å². The van der Waals surface area contributed by atoms with Crippen molar-refractivity contribution in [2.45, 2.75) is 31.8 Å². The molecule has 12 nitrogen and oxygen atoms in total. The zero-order valence-electron chi connectivity index (χ0n) is 20.7. The second kappa shape index (κ2) is 18.4. The van der Waals surface area contributed by atoms with Gasteiger partial charge in [-0.3, -0.25) is 35.2 Å². The number of ether oxygens (including phenoxy) is 1. The number of benzene rings is 1. The molecular formula is C24H39N7O5. The molecule has 1 aliphatic heterocycles. The number of carbonyl (C=O) groups excluding carboxylic acids is 3. The first-order valence-corrected chi connectivity index (χ1v) is 12.2. The van der Waals surface area contributed by atoms with Gasteiger partial charge >= 0.3 is 0 Å². The number of carbonyl (C=O) groups is 3. The van der Waals surface area contributed by atoms with Crippen LogP contribution in [0.25, 0.3) is 0 Å². The van der Waals surface area contributed by atoms with Crippen LogP contribution in [-0.4, -0.2) is 81.9 Å². The van der Waals surface area contributed by atoms with Crippen LogP contribution in [0.1, 0.15) is 24.8 Å². The highest BCUT2D eigenvalue weighted by molar-refractivity contribution is 5.87. The second-order valence-electron chi connectivity index (χ2n) is 8.19. The fourth-order valence-corrected chi connectivity index (χ4v) is 3.35. The maximum atomic E-state index is 12.0. The monoisotopic (exact) mass is 505 g/mol. The lowest BCUT2D eigenvalue weighted by Gasteiger charge is -2.22. The van der Waals surface area contributed by atoms with Crippen LogP contribution in [0.15, 0.2) is 42.5 Å². The van der Waals surface area contributed by atoms with E-state index in [1.807, 2.05) is 30.3 Å². The first-order chi connectivity index (χ1) is 17.5. The minimum Gasteiger partial charge on any atom is -0.368 e. The van der Waals surface area contributed by atoms with Crippen molar-refractivity contribution in [1.82, 2.24) is 31.6 Å². The topological polar surface area (TPSA) is 159 Å². The molecule has 0 saturated heterocycles. The molecule has 0 radical (unpaired) electrons. The summed E-state index contributed by atoms with van der Waals surface area (Å²) in [6.45, 7) is 2.89. The van der Waals surface area contributed by atoms with Crippen LogP contribution in [0.5, 0.6) is 0 Å². The molecule has 0 aromatic heterocycles. The van der Waals surface area contributed by atoms with E-state index in [-0.39, 0.29) is 37.9 Å². The van der Waals surface area contributed by atoms with Crippen LogP contribution in [0, 0.1) is 0 Å². The number of nitrogens with two attached hydrogens (primary N) is 1. The Balaban J connectivity index is 1.55. The molecule has 1 aromatic carbocycles. The molecule has 0 aliphatic carbocycles. The molecule has 1 heterocycles. The first kappa shape index (κ1) is 29.4. The van der Waals surface area contributed by atoms with Crippen LogP contribution >= 0.6 is 0 Å². The maximum Gasteiger partial charge on any atom is 0.269 e. The summed E-state index contributed by atoms with van der Waals surface area (Å²) in [5, 5.41) is 17.2. The highest BCUT2D eigenvalue weighted by Gasteiger charge is 2.13. The Morgan fingerprint density at radius 2 is 1.92 bits per heavy atom. The highest BCUT2D eigenvalue weighted by atomic mass is 16.7. The smallest absolute Gasteiger partial charge is 0.269 e. The van der Waals surface area contributed by atoms with E-state index in [1.54, 1.807) is 12.2 Å². The standard InChI is InChI=1S/C24H39N7O5/c25-21(32)16-35-19-30-23(33)15-28-22(14-20-8-3-1-4-9-20)29-18-27-17-26-11-5-2-6-12-31-24(34)10-7-13-36-31/h1,3-4,7-10,22,26-29H,2,5-6,11-19H2,(H2,25,32)(H,30,33). The first-order valence-electron chi connectivity index (χ1n) is 12.2. The van der Waals surface area contributed by atoms with Crippen molar-refractivity contribution in [3.8, 4) is 0 Å². The van der Waals surface area contributed by atoms with Crippen LogP contribution < -0.4 is 32.3 Å². The molecule has 1 unspecified atom stereocenters. The predicted molar refractivity (Wildman–Crippen MR) is 135 cm³/mol. The summed E-state index contributed by atoms with van der Waals surface area (Å²) in [6, 6.07) is 9.99. The Morgan fingerprint density at radius 3 is 2.69 bits per heavy atom. The van der Waals surface area contributed by atoms with E-state index in [0.29, 0.717) is 32.9 Å². The summed E-state index contributed by atoms with van der Waals surface area (Å²) in [6.07, 6.45) is 6.72. The lowest BCUT2D eigenvalue weighted by Crippen LogP contribution is -2.51. The molecule has 36 heavy (non-hydrogen) atoms. The van der Waals surface area contributed by atoms with Gasteiger partial charge in [0.15, 0.2) is 0 Å². The summed E-state index contributed by atoms with van der Waals surface area (Å²) in [5.74, 6) is -0.928. The highest BCUT2D eigenvalue weighted by Crippen LogP contribution is 2.04. The largest absolute Gasteiger partial charge is 0.368 e. The number of primary amides is 1. The number of nitrogens with zero attached hydrogens (tertiary/aromatic N) is 1. The van der Waals surface area contributed by atoms with E-state index in [1.165, 1.54) is 5.06 Å². The SMILES string of the molecule is NC(=O)COCNC(=O)CNC(Cc1ccccc1)NCNCNCCCCCN1OCC=CC1=O. The summed E-state index contributed by atoms with van der Waals surface area (Å²) >= 11 is 0.